The zero-order chi connectivity index (χ0) is 26.6. The van der Waals surface area contributed by atoms with Gasteiger partial charge in [0.05, 0.1) is 32.5 Å². The lowest BCUT2D eigenvalue weighted by Gasteiger charge is -2.27. The largest absolute Gasteiger partial charge is 0.404 e. The van der Waals surface area contributed by atoms with Gasteiger partial charge in [-0.25, -0.2) is 8.78 Å². The summed E-state index contributed by atoms with van der Waals surface area (Å²) in [4.78, 5) is 6.13. The summed E-state index contributed by atoms with van der Waals surface area (Å²) in [5.41, 5.74) is 3.59. The molecule has 4 aromatic rings. The highest BCUT2D eigenvalue weighted by Gasteiger charge is 2.57. The molecular weight excluding hydrogens is 500 g/mol. The maximum Gasteiger partial charge on any atom is 0.162 e. The van der Waals surface area contributed by atoms with Crippen molar-refractivity contribution in [2.75, 3.05) is 6.61 Å². The number of rotatable bonds is 10. The van der Waals surface area contributed by atoms with E-state index in [0.717, 1.165) is 22.8 Å². The standard InChI is InChI=1S/C32H29F2NO4/c33-26-16-25-29(17-27(26)34)39-35-28(21-36-18-22-10-4-1-5-11-22)31(37-19-23-12-6-2-7-13-23)32(30(25)35)38-20-24-14-8-3-9-15-24/h1-17,28,30-32H,18-21H2/t28-,30-,31-,32-/m0/s1. The van der Waals surface area contributed by atoms with E-state index in [1.807, 2.05) is 91.0 Å². The van der Waals surface area contributed by atoms with Crippen LogP contribution in [0.3, 0.4) is 0 Å². The molecule has 0 radical (unpaired) electrons. The third-order valence-corrected chi connectivity index (χ3v) is 7.16. The van der Waals surface area contributed by atoms with Crippen LogP contribution in [0.2, 0.25) is 0 Å². The van der Waals surface area contributed by atoms with Crippen molar-refractivity contribution in [2.45, 2.75) is 44.1 Å². The number of fused-ring (bicyclic) bond motifs is 3. The number of hydrogen-bond acceptors (Lipinski definition) is 5. The van der Waals surface area contributed by atoms with Gasteiger partial charge in [0.25, 0.3) is 0 Å². The third kappa shape index (κ3) is 5.58. The minimum absolute atomic E-state index is 0.273. The summed E-state index contributed by atoms with van der Waals surface area (Å²) in [6.07, 6.45) is -0.985. The molecule has 1 fully saturated rings. The van der Waals surface area contributed by atoms with Gasteiger partial charge in [-0.2, -0.15) is 0 Å². The molecule has 4 atom stereocenters. The Hall–Kier alpha value is -3.62. The topological polar surface area (TPSA) is 40.2 Å². The van der Waals surface area contributed by atoms with E-state index in [-0.39, 0.29) is 18.4 Å². The van der Waals surface area contributed by atoms with Crippen LogP contribution in [-0.4, -0.2) is 29.9 Å². The first kappa shape index (κ1) is 25.6. The predicted molar refractivity (Wildman–Crippen MR) is 141 cm³/mol. The van der Waals surface area contributed by atoms with E-state index in [0.29, 0.717) is 25.4 Å². The first-order valence-corrected chi connectivity index (χ1v) is 13.1. The second kappa shape index (κ2) is 11.6. The summed E-state index contributed by atoms with van der Waals surface area (Å²) in [6.45, 7) is 1.37. The molecule has 2 heterocycles. The van der Waals surface area contributed by atoms with Gasteiger partial charge in [-0.05, 0) is 22.8 Å². The molecular formula is C32H29F2NO4. The normalized spacial score (nSPS) is 21.9. The molecule has 0 bridgehead atoms. The van der Waals surface area contributed by atoms with E-state index >= 15 is 0 Å². The molecule has 0 amide bonds. The Kier molecular flexibility index (Phi) is 7.65. The molecule has 2 aliphatic rings. The van der Waals surface area contributed by atoms with Crippen LogP contribution in [-0.2, 0) is 34.0 Å². The van der Waals surface area contributed by atoms with Crippen molar-refractivity contribution >= 4 is 0 Å². The number of ether oxygens (including phenoxy) is 3. The van der Waals surface area contributed by atoms with Crippen LogP contribution in [0.15, 0.2) is 103 Å². The number of hydrogen-bond donors (Lipinski definition) is 0. The molecule has 39 heavy (non-hydrogen) atoms. The fourth-order valence-corrected chi connectivity index (χ4v) is 5.27. The molecule has 0 saturated carbocycles. The summed E-state index contributed by atoms with van der Waals surface area (Å²) in [5.74, 6) is -1.60. The first-order chi connectivity index (χ1) is 19.2. The van der Waals surface area contributed by atoms with Crippen molar-refractivity contribution in [2.24, 2.45) is 0 Å². The Morgan fingerprint density at radius 1 is 0.641 bits per heavy atom. The highest BCUT2D eigenvalue weighted by atomic mass is 19.2. The van der Waals surface area contributed by atoms with Crippen LogP contribution in [0.1, 0.15) is 28.3 Å². The number of nitrogens with zero attached hydrogens (tertiary/aromatic N) is 1. The molecule has 0 spiro atoms. The van der Waals surface area contributed by atoms with E-state index in [4.69, 9.17) is 19.0 Å². The average molecular weight is 530 g/mol. The molecule has 1 saturated heterocycles. The van der Waals surface area contributed by atoms with Gasteiger partial charge in [0.15, 0.2) is 17.4 Å². The Labute approximate surface area is 226 Å². The van der Waals surface area contributed by atoms with E-state index < -0.39 is 29.9 Å². The highest BCUT2D eigenvalue weighted by molar-refractivity contribution is 5.42. The molecule has 0 aromatic heterocycles. The monoisotopic (exact) mass is 529 g/mol. The number of hydroxylamine groups is 2. The van der Waals surface area contributed by atoms with Gasteiger partial charge < -0.3 is 19.0 Å². The maximum atomic E-state index is 14.4. The first-order valence-electron chi connectivity index (χ1n) is 13.1. The number of benzene rings is 4. The van der Waals surface area contributed by atoms with Crippen molar-refractivity contribution in [3.63, 3.8) is 0 Å². The van der Waals surface area contributed by atoms with Crippen molar-refractivity contribution in [1.82, 2.24) is 5.06 Å². The predicted octanol–water partition coefficient (Wildman–Crippen LogP) is 6.39. The van der Waals surface area contributed by atoms with Crippen LogP contribution in [0, 0.1) is 11.6 Å². The molecule has 5 nitrogen and oxygen atoms in total. The summed E-state index contributed by atoms with van der Waals surface area (Å²) in [7, 11) is 0. The van der Waals surface area contributed by atoms with Gasteiger partial charge in [0.2, 0.25) is 0 Å². The SMILES string of the molecule is Fc1cc2c(cc1F)[C@H]1[C@H](OCc3ccccc3)[C@@H](OCc3ccccc3)[C@H](COCc3ccccc3)N1O2. The number of halogens is 2. The molecule has 6 rings (SSSR count). The molecule has 0 unspecified atom stereocenters. The van der Waals surface area contributed by atoms with Crippen LogP contribution in [0.5, 0.6) is 5.75 Å². The second-order valence-corrected chi connectivity index (χ2v) is 9.79. The smallest absolute Gasteiger partial charge is 0.162 e. The Morgan fingerprint density at radius 2 is 1.15 bits per heavy atom. The second-order valence-electron chi connectivity index (χ2n) is 9.79. The van der Waals surface area contributed by atoms with E-state index in [1.165, 1.54) is 6.07 Å². The van der Waals surface area contributed by atoms with Crippen molar-refractivity contribution in [3.05, 3.63) is 137 Å². The molecule has 0 N–H and O–H groups in total. The van der Waals surface area contributed by atoms with Gasteiger partial charge in [0, 0.05) is 11.6 Å². The summed E-state index contributed by atoms with van der Waals surface area (Å²) in [6, 6.07) is 31.0. The molecule has 2 aliphatic heterocycles. The molecule has 7 heteroatoms. The van der Waals surface area contributed by atoms with Crippen molar-refractivity contribution in [1.29, 1.82) is 0 Å². The van der Waals surface area contributed by atoms with E-state index in [2.05, 4.69) is 0 Å². The quantitative estimate of drug-likeness (QED) is 0.238. The lowest BCUT2D eigenvalue weighted by atomic mass is 9.99. The van der Waals surface area contributed by atoms with E-state index in [9.17, 15) is 8.78 Å². The van der Waals surface area contributed by atoms with Crippen molar-refractivity contribution < 1.29 is 27.8 Å². The molecule has 0 aliphatic carbocycles. The van der Waals surface area contributed by atoms with Gasteiger partial charge in [-0.1, -0.05) is 91.0 Å². The van der Waals surface area contributed by atoms with Gasteiger partial charge in [0.1, 0.15) is 18.2 Å². The van der Waals surface area contributed by atoms with Crippen LogP contribution in [0.25, 0.3) is 0 Å². The van der Waals surface area contributed by atoms with Crippen LogP contribution < -0.4 is 4.84 Å². The van der Waals surface area contributed by atoms with Crippen LogP contribution in [0.4, 0.5) is 8.78 Å². The lowest BCUT2D eigenvalue weighted by molar-refractivity contribution is -0.125. The van der Waals surface area contributed by atoms with Gasteiger partial charge >= 0.3 is 0 Å². The van der Waals surface area contributed by atoms with Gasteiger partial charge in [-0.15, -0.1) is 5.06 Å². The minimum Gasteiger partial charge on any atom is -0.404 e. The molecule has 4 aromatic carbocycles. The average Bonchev–Trinajstić information content (AvgIpc) is 3.46. The van der Waals surface area contributed by atoms with Crippen molar-refractivity contribution in [3.8, 4) is 5.75 Å². The van der Waals surface area contributed by atoms with E-state index in [1.54, 1.807) is 5.06 Å². The lowest BCUT2D eigenvalue weighted by Crippen LogP contribution is -2.42. The van der Waals surface area contributed by atoms with Gasteiger partial charge in [-0.3, -0.25) is 0 Å². The Balaban J connectivity index is 1.30. The highest BCUT2D eigenvalue weighted by Crippen LogP contribution is 2.49. The zero-order valence-electron chi connectivity index (χ0n) is 21.3. The van der Waals surface area contributed by atoms with Crippen LogP contribution >= 0.6 is 0 Å². The summed E-state index contributed by atoms with van der Waals surface area (Å²) < 4.78 is 47.7. The fourth-order valence-electron chi connectivity index (χ4n) is 5.27. The molecule has 200 valence electrons. The minimum atomic E-state index is -0.953. The summed E-state index contributed by atoms with van der Waals surface area (Å²) >= 11 is 0. The Morgan fingerprint density at radius 3 is 1.74 bits per heavy atom. The third-order valence-electron chi connectivity index (χ3n) is 7.16. The maximum absolute atomic E-state index is 14.4. The zero-order valence-corrected chi connectivity index (χ0v) is 21.3. The summed E-state index contributed by atoms with van der Waals surface area (Å²) in [5, 5.41) is 1.74. The fraction of sp³-hybridized carbons (Fsp3) is 0.250. The Bertz CT molecular complexity index is 1370.